The van der Waals surface area contributed by atoms with Gasteiger partial charge in [0.1, 0.15) is 0 Å². The molecule has 6 nitrogen and oxygen atoms in total. The maximum absolute atomic E-state index is 12.5. The molecule has 0 aromatic carbocycles. The molecule has 1 aliphatic carbocycles. The Kier molecular flexibility index (Phi) is 7.49. The van der Waals surface area contributed by atoms with Crippen LogP contribution >= 0.6 is 12.4 Å². The predicted molar refractivity (Wildman–Crippen MR) is 96.5 cm³/mol. The largest absolute Gasteiger partial charge is 0.348 e. The number of piperidine rings is 1. The van der Waals surface area contributed by atoms with Gasteiger partial charge in [0.2, 0.25) is 0 Å². The molecule has 1 aromatic heterocycles. The number of amides is 1. The number of nitrogens with one attached hydrogen (secondary N) is 2. The molecule has 2 unspecified atom stereocenters. The Bertz CT molecular complexity index is 515. The number of aromatic nitrogens is 3. The van der Waals surface area contributed by atoms with Crippen LogP contribution in [-0.2, 0) is 0 Å². The lowest BCUT2D eigenvalue weighted by molar-refractivity contribution is 0.0921. The zero-order valence-electron chi connectivity index (χ0n) is 14.5. The van der Waals surface area contributed by atoms with Gasteiger partial charge in [-0.1, -0.05) is 31.4 Å². The van der Waals surface area contributed by atoms with Crippen molar-refractivity contribution in [2.24, 2.45) is 5.92 Å². The number of carbonyl (C=O) groups is 1. The van der Waals surface area contributed by atoms with Gasteiger partial charge in [-0.05, 0) is 51.1 Å². The van der Waals surface area contributed by atoms with Crippen LogP contribution in [0.3, 0.4) is 0 Å². The maximum Gasteiger partial charge on any atom is 0.273 e. The van der Waals surface area contributed by atoms with Gasteiger partial charge in [0, 0.05) is 6.04 Å². The molecular formula is C17H30ClN5O. The molecule has 0 spiro atoms. The summed E-state index contributed by atoms with van der Waals surface area (Å²) in [7, 11) is 0. The van der Waals surface area contributed by atoms with Crippen LogP contribution < -0.4 is 10.6 Å². The van der Waals surface area contributed by atoms with Crippen molar-refractivity contribution in [1.82, 2.24) is 25.6 Å². The average molecular weight is 356 g/mol. The van der Waals surface area contributed by atoms with E-state index >= 15 is 0 Å². The third-order valence-electron chi connectivity index (χ3n) is 5.33. The van der Waals surface area contributed by atoms with Crippen molar-refractivity contribution in [2.45, 2.75) is 70.4 Å². The van der Waals surface area contributed by atoms with Crippen LogP contribution in [-0.4, -0.2) is 40.0 Å². The zero-order valence-corrected chi connectivity index (χ0v) is 15.4. The van der Waals surface area contributed by atoms with Crippen molar-refractivity contribution in [3.63, 3.8) is 0 Å². The Morgan fingerprint density at radius 3 is 2.88 bits per heavy atom. The smallest absolute Gasteiger partial charge is 0.273 e. The van der Waals surface area contributed by atoms with E-state index < -0.39 is 0 Å². The average Bonchev–Trinajstić information content (AvgIpc) is 3.23. The van der Waals surface area contributed by atoms with E-state index in [0.29, 0.717) is 23.7 Å². The van der Waals surface area contributed by atoms with Crippen molar-refractivity contribution < 1.29 is 4.79 Å². The molecule has 1 aromatic rings. The molecule has 3 rings (SSSR count). The molecule has 1 aliphatic heterocycles. The Labute approximate surface area is 150 Å². The molecule has 24 heavy (non-hydrogen) atoms. The maximum atomic E-state index is 12.5. The summed E-state index contributed by atoms with van der Waals surface area (Å²) in [5.74, 6) is 0.581. The van der Waals surface area contributed by atoms with Gasteiger partial charge in [-0.2, -0.15) is 0 Å². The zero-order chi connectivity index (χ0) is 16.1. The highest BCUT2D eigenvalue weighted by atomic mass is 35.5. The van der Waals surface area contributed by atoms with Gasteiger partial charge >= 0.3 is 0 Å². The summed E-state index contributed by atoms with van der Waals surface area (Å²) < 4.78 is 1.87. The van der Waals surface area contributed by atoms with Crippen LogP contribution in [0.4, 0.5) is 0 Å². The standard InChI is InChI=1S/C17H29N5O.ClH/c1-2-3-5-13-6-4-7-15(13)19-17(23)16-12-22(21-20-16)14-8-10-18-11-9-14;/h12-15,18H,2-11H2,1H3,(H,19,23);1H. The highest BCUT2D eigenvalue weighted by molar-refractivity contribution is 5.92. The molecule has 1 saturated heterocycles. The molecule has 0 bridgehead atoms. The van der Waals surface area contributed by atoms with Gasteiger partial charge in [-0.3, -0.25) is 4.79 Å². The predicted octanol–water partition coefficient (Wildman–Crippen LogP) is 2.71. The lowest BCUT2D eigenvalue weighted by Crippen LogP contribution is -2.37. The van der Waals surface area contributed by atoms with Crippen LogP contribution in [0.15, 0.2) is 6.20 Å². The SMILES string of the molecule is CCCCC1CCCC1NC(=O)c1cn(C2CCNCC2)nn1.Cl. The highest BCUT2D eigenvalue weighted by Gasteiger charge is 2.29. The van der Waals surface area contributed by atoms with Gasteiger partial charge in [-0.25, -0.2) is 4.68 Å². The lowest BCUT2D eigenvalue weighted by atomic mass is 9.97. The minimum Gasteiger partial charge on any atom is -0.348 e. The molecule has 2 atom stereocenters. The Balaban J connectivity index is 0.00000208. The van der Waals surface area contributed by atoms with Crippen molar-refractivity contribution in [3.05, 3.63) is 11.9 Å². The first-order valence-electron chi connectivity index (χ1n) is 9.21. The van der Waals surface area contributed by atoms with E-state index in [1.165, 1.54) is 32.1 Å². The number of unbranched alkanes of at least 4 members (excludes halogenated alkanes) is 1. The van der Waals surface area contributed by atoms with Crippen molar-refractivity contribution >= 4 is 18.3 Å². The molecule has 2 heterocycles. The number of carbonyl (C=O) groups excluding carboxylic acids is 1. The van der Waals surface area contributed by atoms with E-state index in [4.69, 9.17) is 0 Å². The van der Waals surface area contributed by atoms with E-state index in [1.54, 1.807) is 0 Å². The summed E-state index contributed by atoms with van der Waals surface area (Å²) in [5.41, 5.74) is 0.463. The van der Waals surface area contributed by atoms with Gasteiger partial charge in [0.15, 0.2) is 5.69 Å². The van der Waals surface area contributed by atoms with E-state index in [2.05, 4.69) is 27.9 Å². The number of hydrogen-bond acceptors (Lipinski definition) is 4. The van der Waals surface area contributed by atoms with Gasteiger partial charge in [0.25, 0.3) is 5.91 Å². The number of halogens is 1. The topological polar surface area (TPSA) is 71.8 Å². The van der Waals surface area contributed by atoms with E-state index in [1.807, 2.05) is 10.9 Å². The van der Waals surface area contributed by atoms with Crippen molar-refractivity contribution in [2.75, 3.05) is 13.1 Å². The second-order valence-electron chi connectivity index (χ2n) is 6.98. The van der Waals surface area contributed by atoms with Crippen molar-refractivity contribution in [1.29, 1.82) is 0 Å². The van der Waals surface area contributed by atoms with E-state index in [9.17, 15) is 4.79 Å². The summed E-state index contributed by atoms with van der Waals surface area (Å²) in [4.78, 5) is 12.5. The molecule has 1 saturated carbocycles. The summed E-state index contributed by atoms with van der Waals surface area (Å²) >= 11 is 0. The summed E-state index contributed by atoms with van der Waals surface area (Å²) in [6.45, 7) is 4.24. The molecule has 2 fully saturated rings. The number of rotatable bonds is 6. The quantitative estimate of drug-likeness (QED) is 0.823. The third-order valence-corrected chi connectivity index (χ3v) is 5.33. The first kappa shape index (κ1) is 19.2. The third kappa shape index (κ3) is 4.70. The van der Waals surface area contributed by atoms with E-state index in [-0.39, 0.29) is 18.3 Å². The fourth-order valence-electron chi connectivity index (χ4n) is 3.91. The van der Waals surface area contributed by atoms with Crippen molar-refractivity contribution in [3.8, 4) is 0 Å². The molecule has 2 aliphatic rings. The second kappa shape index (κ2) is 9.37. The first-order chi connectivity index (χ1) is 11.3. The summed E-state index contributed by atoms with van der Waals surface area (Å²) in [6.07, 6.45) is 11.2. The second-order valence-corrected chi connectivity index (χ2v) is 6.98. The monoisotopic (exact) mass is 355 g/mol. The van der Waals surface area contributed by atoms with Crippen LogP contribution in [0, 0.1) is 5.92 Å². The van der Waals surface area contributed by atoms with Crippen LogP contribution in [0.1, 0.15) is 74.8 Å². The van der Waals surface area contributed by atoms with Crippen LogP contribution in [0.25, 0.3) is 0 Å². The molecule has 136 valence electrons. The van der Waals surface area contributed by atoms with Gasteiger partial charge in [0.05, 0.1) is 12.2 Å². The summed E-state index contributed by atoms with van der Waals surface area (Å²) in [5, 5.41) is 14.8. The Hall–Kier alpha value is -1.14. The normalized spacial score (nSPS) is 24.5. The first-order valence-corrected chi connectivity index (χ1v) is 9.21. The van der Waals surface area contributed by atoms with Gasteiger partial charge in [-0.15, -0.1) is 17.5 Å². The molecule has 2 N–H and O–H groups in total. The fourth-order valence-corrected chi connectivity index (χ4v) is 3.91. The fraction of sp³-hybridized carbons (Fsp3) is 0.824. The molecule has 1 amide bonds. The minimum absolute atomic E-state index is 0. The molecular weight excluding hydrogens is 326 g/mol. The van der Waals surface area contributed by atoms with Crippen LogP contribution in [0.5, 0.6) is 0 Å². The van der Waals surface area contributed by atoms with E-state index in [0.717, 1.165) is 32.4 Å². The Morgan fingerprint density at radius 1 is 1.33 bits per heavy atom. The number of nitrogens with zero attached hydrogens (tertiary/aromatic N) is 3. The molecule has 7 heteroatoms. The highest BCUT2D eigenvalue weighted by Crippen LogP contribution is 2.30. The minimum atomic E-state index is -0.0569. The summed E-state index contributed by atoms with van der Waals surface area (Å²) in [6, 6.07) is 0.687. The van der Waals surface area contributed by atoms with Gasteiger partial charge < -0.3 is 10.6 Å². The number of hydrogen-bond donors (Lipinski definition) is 2. The molecule has 0 radical (unpaired) electrons. The lowest BCUT2D eigenvalue weighted by Gasteiger charge is -2.22. The Morgan fingerprint density at radius 2 is 2.12 bits per heavy atom. The van der Waals surface area contributed by atoms with Crippen LogP contribution in [0.2, 0.25) is 0 Å².